The van der Waals surface area contributed by atoms with Crippen LogP contribution in [0.2, 0.25) is 0 Å². The molecule has 1 aromatic heterocycles. The summed E-state index contributed by atoms with van der Waals surface area (Å²) in [6.07, 6.45) is 9.52. The summed E-state index contributed by atoms with van der Waals surface area (Å²) in [4.78, 5) is 9.60. The molecule has 0 aromatic carbocycles. The molecule has 7 heteroatoms. The Bertz CT molecular complexity index is 462. The molecule has 2 rings (SSSR count). The van der Waals surface area contributed by atoms with Crippen LogP contribution in [0.1, 0.15) is 43.8 Å². The second-order valence-electron chi connectivity index (χ2n) is 7.00. The van der Waals surface area contributed by atoms with E-state index in [1.807, 2.05) is 12.5 Å². The highest BCUT2D eigenvalue weighted by Crippen LogP contribution is 2.26. The fourth-order valence-electron chi connectivity index (χ4n) is 3.62. The molecule has 0 bridgehead atoms. The average Bonchev–Trinajstić information content (AvgIpc) is 3.09. The van der Waals surface area contributed by atoms with E-state index in [4.69, 9.17) is 17.2 Å². The van der Waals surface area contributed by atoms with Gasteiger partial charge in [-0.2, -0.15) is 0 Å². The Morgan fingerprint density at radius 2 is 1.60 bits per heavy atom. The molecule has 0 aliphatic carbocycles. The molecular weight excluding hydrogens is 314 g/mol. The lowest BCUT2D eigenvalue weighted by Crippen LogP contribution is -2.49. The van der Waals surface area contributed by atoms with E-state index in [1.165, 1.54) is 12.1 Å². The van der Waals surface area contributed by atoms with E-state index in [0.717, 1.165) is 84.6 Å². The Balaban J connectivity index is 2.03. The molecule has 0 radical (unpaired) electrons. The van der Waals surface area contributed by atoms with Crippen LogP contribution in [0.25, 0.3) is 0 Å². The normalized spacial score (nSPS) is 19.6. The number of unbranched alkanes of at least 4 members (excludes halogenated alkanes) is 2. The molecule has 0 saturated carbocycles. The quantitative estimate of drug-likeness (QED) is 0.470. The van der Waals surface area contributed by atoms with Crippen LogP contribution in [0.5, 0.6) is 0 Å². The first-order chi connectivity index (χ1) is 12.3. The van der Waals surface area contributed by atoms with Crippen molar-refractivity contribution in [3.8, 4) is 0 Å². The van der Waals surface area contributed by atoms with Crippen LogP contribution in [0.15, 0.2) is 12.5 Å². The molecule has 144 valence electrons. The summed E-state index contributed by atoms with van der Waals surface area (Å²) in [7, 11) is 0. The van der Waals surface area contributed by atoms with Gasteiger partial charge in [0.25, 0.3) is 0 Å². The number of hydrogen-bond donors (Lipinski definition) is 3. The first-order valence-electron chi connectivity index (χ1n) is 9.86. The van der Waals surface area contributed by atoms with Crippen molar-refractivity contribution in [1.29, 1.82) is 0 Å². The number of hydrogen-bond acceptors (Lipinski definition) is 6. The van der Waals surface area contributed by atoms with Crippen molar-refractivity contribution in [2.45, 2.75) is 44.7 Å². The Morgan fingerprint density at radius 3 is 2.32 bits per heavy atom. The van der Waals surface area contributed by atoms with Crippen molar-refractivity contribution in [3.05, 3.63) is 18.2 Å². The minimum atomic E-state index is 0.401. The molecule has 1 aliphatic rings. The summed E-state index contributed by atoms with van der Waals surface area (Å²) in [5, 5.41) is 0. The van der Waals surface area contributed by atoms with Gasteiger partial charge in [-0.15, -0.1) is 0 Å². The number of nitrogens with two attached hydrogens (primary N) is 3. The fraction of sp³-hybridized carbons (Fsp3) is 0.833. The van der Waals surface area contributed by atoms with Crippen molar-refractivity contribution in [2.24, 2.45) is 17.2 Å². The zero-order valence-corrected chi connectivity index (χ0v) is 15.7. The van der Waals surface area contributed by atoms with Gasteiger partial charge in [0, 0.05) is 38.9 Å². The predicted molar refractivity (Wildman–Crippen MR) is 103 cm³/mol. The smallest absolute Gasteiger partial charge is 0.0948 e. The van der Waals surface area contributed by atoms with Crippen LogP contribution in [0, 0.1) is 0 Å². The lowest BCUT2D eigenvalue weighted by Gasteiger charge is -2.41. The number of aryl methyl sites for hydroxylation is 1. The zero-order chi connectivity index (χ0) is 17.9. The van der Waals surface area contributed by atoms with E-state index < -0.39 is 0 Å². The molecule has 1 aromatic rings. The Hall–Kier alpha value is -0.990. The van der Waals surface area contributed by atoms with E-state index in [-0.39, 0.29) is 0 Å². The summed E-state index contributed by atoms with van der Waals surface area (Å²) in [5.74, 6) is 0. The van der Waals surface area contributed by atoms with E-state index in [9.17, 15) is 0 Å². The summed E-state index contributed by atoms with van der Waals surface area (Å²) in [6.45, 7) is 8.79. The highest BCUT2D eigenvalue weighted by atomic mass is 15.3. The van der Waals surface area contributed by atoms with E-state index >= 15 is 0 Å². The minimum Gasteiger partial charge on any atom is -0.333 e. The number of aromatic nitrogens is 2. The zero-order valence-electron chi connectivity index (χ0n) is 15.7. The van der Waals surface area contributed by atoms with Crippen LogP contribution in [-0.2, 0) is 6.54 Å². The summed E-state index contributed by atoms with van der Waals surface area (Å²) >= 11 is 0. The fourth-order valence-corrected chi connectivity index (χ4v) is 3.62. The molecule has 2 heterocycles. The topological polar surface area (TPSA) is 102 Å². The third-order valence-electron chi connectivity index (χ3n) is 5.09. The van der Waals surface area contributed by atoms with Gasteiger partial charge in [-0.05, 0) is 58.3 Å². The van der Waals surface area contributed by atoms with Crippen LogP contribution in [0.4, 0.5) is 0 Å². The average molecular weight is 352 g/mol. The molecule has 1 fully saturated rings. The van der Waals surface area contributed by atoms with Gasteiger partial charge in [-0.25, -0.2) is 4.98 Å². The molecule has 25 heavy (non-hydrogen) atoms. The Morgan fingerprint density at radius 1 is 0.880 bits per heavy atom. The van der Waals surface area contributed by atoms with Gasteiger partial charge >= 0.3 is 0 Å². The van der Waals surface area contributed by atoms with Gasteiger partial charge < -0.3 is 26.7 Å². The number of nitrogens with zero attached hydrogens (tertiary/aromatic N) is 4. The van der Waals surface area contributed by atoms with Crippen LogP contribution >= 0.6 is 0 Å². The third-order valence-corrected chi connectivity index (χ3v) is 5.09. The Labute approximate surface area is 152 Å². The monoisotopic (exact) mass is 351 g/mol. The second-order valence-corrected chi connectivity index (χ2v) is 7.00. The standard InChI is InChI=1S/C18H37N7/c19-6-1-3-9-23-12-13-24(11-5-8-21)18(15-23)17-14-22-16-25(17)10-4-2-7-20/h14,16,18H,1-13,15,19-21H2. The van der Waals surface area contributed by atoms with Crippen molar-refractivity contribution in [1.82, 2.24) is 19.4 Å². The van der Waals surface area contributed by atoms with Gasteiger partial charge in [0.15, 0.2) is 0 Å². The maximum Gasteiger partial charge on any atom is 0.0948 e. The van der Waals surface area contributed by atoms with E-state index in [0.29, 0.717) is 6.04 Å². The summed E-state index contributed by atoms with van der Waals surface area (Å²) in [6, 6.07) is 0.401. The number of imidazole rings is 1. The van der Waals surface area contributed by atoms with Crippen molar-refractivity contribution in [2.75, 3.05) is 52.4 Å². The first kappa shape index (κ1) is 20.3. The number of piperazine rings is 1. The highest BCUT2D eigenvalue weighted by Gasteiger charge is 2.29. The predicted octanol–water partition coefficient (Wildman–Crippen LogP) is 0.368. The molecule has 1 unspecified atom stereocenters. The van der Waals surface area contributed by atoms with Crippen LogP contribution in [-0.4, -0.2) is 71.7 Å². The van der Waals surface area contributed by atoms with E-state index in [1.54, 1.807) is 0 Å². The molecule has 0 spiro atoms. The van der Waals surface area contributed by atoms with Crippen molar-refractivity contribution in [3.63, 3.8) is 0 Å². The largest absolute Gasteiger partial charge is 0.333 e. The second kappa shape index (κ2) is 11.6. The Kier molecular flexibility index (Phi) is 9.42. The van der Waals surface area contributed by atoms with Gasteiger partial charge in [-0.1, -0.05) is 0 Å². The van der Waals surface area contributed by atoms with Crippen molar-refractivity contribution >= 4 is 0 Å². The molecule has 6 N–H and O–H groups in total. The lowest BCUT2D eigenvalue weighted by atomic mass is 10.1. The summed E-state index contributed by atoms with van der Waals surface area (Å²) < 4.78 is 2.32. The molecular formula is C18H37N7. The lowest BCUT2D eigenvalue weighted by molar-refractivity contribution is 0.0684. The molecule has 1 saturated heterocycles. The summed E-state index contributed by atoms with van der Waals surface area (Å²) in [5.41, 5.74) is 18.4. The van der Waals surface area contributed by atoms with Crippen LogP contribution < -0.4 is 17.2 Å². The van der Waals surface area contributed by atoms with Crippen molar-refractivity contribution < 1.29 is 0 Å². The highest BCUT2D eigenvalue weighted by molar-refractivity contribution is 5.08. The molecule has 7 nitrogen and oxygen atoms in total. The van der Waals surface area contributed by atoms with Crippen LogP contribution in [0.3, 0.4) is 0 Å². The van der Waals surface area contributed by atoms with E-state index in [2.05, 4.69) is 19.4 Å². The minimum absolute atomic E-state index is 0.401. The third kappa shape index (κ3) is 6.34. The van der Waals surface area contributed by atoms with Gasteiger partial charge in [0.1, 0.15) is 0 Å². The molecule has 0 amide bonds. The van der Waals surface area contributed by atoms with Gasteiger partial charge in [-0.3, -0.25) is 4.90 Å². The van der Waals surface area contributed by atoms with Gasteiger partial charge in [0.05, 0.1) is 18.1 Å². The molecule has 1 atom stereocenters. The number of rotatable bonds is 12. The van der Waals surface area contributed by atoms with Gasteiger partial charge in [0.2, 0.25) is 0 Å². The first-order valence-corrected chi connectivity index (χ1v) is 9.86. The SMILES string of the molecule is NCCCCN1CCN(CCCN)C(c2cncn2CCCCN)C1. The maximum absolute atomic E-state index is 5.75. The maximum atomic E-state index is 5.75. The molecule has 1 aliphatic heterocycles.